The quantitative estimate of drug-likeness (QED) is 0.715. The van der Waals surface area contributed by atoms with Gasteiger partial charge >= 0.3 is 0 Å². The predicted molar refractivity (Wildman–Crippen MR) is 69.5 cm³/mol. The number of carbonyl (C=O) groups is 1. The number of aliphatic hydroxyl groups excluding tert-OH is 1. The number of nitrogens with zero attached hydrogens (tertiary/aromatic N) is 1. The van der Waals surface area contributed by atoms with E-state index < -0.39 is 5.41 Å². The Labute approximate surface area is 107 Å². The van der Waals surface area contributed by atoms with Gasteiger partial charge in [-0.2, -0.15) is 0 Å². The van der Waals surface area contributed by atoms with Gasteiger partial charge in [0.05, 0.1) is 17.0 Å². The highest BCUT2D eigenvalue weighted by molar-refractivity contribution is 7.80. The molecule has 5 heteroatoms. The van der Waals surface area contributed by atoms with E-state index in [1.807, 2.05) is 0 Å². The molecule has 0 bridgehead atoms. The van der Waals surface area contributed by atoms with Crippen LogP contribution in [0.3, 0.4) is 0 Å². The third-order valence-corrected chi connectivity index (χ3v) is 4.32. The lowest BCUT2D eigenvalue weighted by Gasteiger charge is -2.33. The van der Waals surface area contributed by atoms with Gasteiger partial charge in [-0.25, -0.2) is 0 Å². The molecule has 0 aromatic carbocycles. The number of aliphatic hydroxyl groups is 1. The maximum absolute atomic E-state index is 12.6. The van der Waals surface area contributed by atoms with Crippen LogP contribution in [0.4, 0.5) is 0 Å². The molecule has 2 aliphatic carbocycles. The number of carbonyl (C=O) groups excluding carboxylic acids is 1. The summed E-state index contributed by atoms with van der Waals surface area (Å²) >= 11 is 5.12. The molecule has 2 aliphatic rings. The highest BCUT2D eigenvalue weighted by Gasteiger charge is 2.48. The van der Waals surface area contributed by atoms with E-state index in [1.54, 1.807) is 4.90 Å². The molecule has 4 nitrogen and oxygen atoms in total. The van der Waals surface area contributed by atoms with Crippen LogP contribution >= 0.6 is 12.2 Å². The summed E-state index contributed by atoms with van der Waals surface area (Å²) in [6.45, 7) is 0.420. The largest absolute Gasteiger partial charge is 0.395 e. The summed E-state index contributed by atoms with van der Waals surface area (Å²) in [5, 5.41) is 9.07. The van der Waals surface area contributed by atoms with Gasteiger partial charge in [-0.3, -0.25) is 4.79 Å². The number of amides is 1. The van der Waals surface area contributed by atoms with Crippen LogP contribution in [-0.4, -0.2) is 40.1 Å². The summed E-state index contributed by atoms with van der Waals surface area (Å²) < 4.78 is 0. The first-order chi connectivity index (χ1) is 8.12. The summed E-state index contributed by atoms with van der Waals surface area (Å²) in [7, 11) is 0. The second-order valence-electron chi connectivity index (χ2n) is 5.11. The van der Waals surface area contributed by atoms with E-state index in [1.165, 1.54) is 0 Å². The first-order valence-electron chi connectivity index (χ1n) is 6.33. The molecule has 2 fully saturated rings. The van der Waals surface area contributed by atoms with Crippen molar-refractivity contribution in [3.63, 3.8) is 0 Å². The van der Waals surface area contributed by atoms with Gasteiger partial charge in [0, 0.05) is 12.6 Å². The molecule has 2 saturated carbocycles. The predicted octanol–water partition coefficient (Wildman–Crippen LogP) is 0.816. The average molecular weight is 256 g/mol. The zero-order valence-corrected chi connectivity index (χ0v) is 10.8. The minimum atomic E-state index is -0.618. The standard InChI is InChI=1S/C12H20N2O2S/c13-10(17)12(5-1-2-6-12)11(16)14(7-8-15)9-3-4-9/h9,15H,1-8H2,(H2,13,17). The monoisotopic (exact) mass is 256 g/mol. The zero-order chi connectivity index (χ0) is 12.5. The molecule has 0 aromatic rings. The highest BCUT2D eigenvalue weighted by Crippen LogP contribution is 2.42. The molecule has 0 aliphatic heterocycles. The van der Waals surface area contributed by atoms with Gasteiger partial charge < -0.3 is 15.7 Å². The Balaban J connectivity index is 2.17. The number of rotatable bonds is 5. The number of thiocarbonyl (C=S) groups is 1. The highest BCUT2D eigenvalue weighted by atomic mass is 32.1. The number of nitrogens with two attached hydrogens (primary N) is 1. The molecular formula is C12H20N2O2S. The maximum atomic E-state index is 12.6. The van der Waals surface area contributed by atoms with Crippen LogP contribution in [-0.2, 0) is 4.79 Å². The Kier molecular flexibility index (Phi) is 3.68. The van der Waals surface area contributed by atoms with Crippen molar-refractivity contribution >= 4 is 23.1 Å². The summed E-state index contributed by atoms with van der Waals surface area (Å²) in [5.41, 5.74) is 5.19. The fraction of sp³-hybridized carbons (Fsp3) is 0.833. The maximum Gasteiger partial charge on any atom is 0.235 e. The van der Waals surface area contributed by atoms with Crippen molar-refractivity contribution in [3.8, 4) is 0 Å². The average Bonchev–Trinajstić information content (AvgIpc) is 3.00. The minimum absolute atomic E-state index is 0.00958. The molecule has 3 N–H and O–H groups in total. The lowest BCUT2D eigenvalue weighted by molar-refractivity contribution is -0.139. The number of hydrogen-bond acceptors (Lipinski definition) is 3. The van der Waals surface area contributed by atoms with Gasteiger partial charge in [-0.05, 0) is 25.7 Å². The van der Waals surface area contributed by atoms with Crippen LogP contribution < -0.4 is 5.73 Å². The molecule has 1 amide bonds. The summed E-state index contributed by atoms with van der Waals surface area (Å²) in [4.78, 5) is 14.8. The normalized spacial score (nSPS) is 22.4. The second-order valence-corrected chi connectivity index (χ2v) is 5.55. The van der Waals surface area contributed by atoms with E-state index in [0.717, 1.165) is 38.5 Å². The molecule has 0 radical (unpaired) electrons. The van der Waals surface area contributed by atoms with E-state index in [-0.39, 0.29) is 12.5 Å². The van der Waals surface area contributed by atoms with Crippen LogP contribution in [0.25, 0.3) is 0 Å². The Bertz CT molecular complexity index is 322. The van der Waals surface area contributed by atoms with Gasteiger partial charge in [-0.15, -0.1) is 0 Å². The van der Waals surface area contributed by atoms with Crippen molar-refractivity contribution in [1.82, 2.24) is 4.90 Å². The molecule has 0 unspecified atom stereocenters. The Morgan fingerprint density at radius 1 is 1.41 bits per heavy atom. The van der Waals surface area contributed by atoms with Crippen molar-refractivity contribution in [3.05, 3.63) is 0 Å². The third kappa shape index (κ3) is 2.31. The fourth-order valence-corrected chi connectivity index (χ4v) is 3.05. The second kappa shape index (κ2) is 4.90. The fourth-order valence-electron chi connectivity index (χ4n) is 2.76. The van der Waals surface area contributed by atoms with E-state index in [2.05, 4.69) is 0 Å². The van der Waals surface area contributed by atoms with E-state index in [0.29, 0.717) is 17.6 Å². The van der Waals surface area contributed by atoms with Crippen molar-refractivity contribution in [2.45, 2.75) is 44.6 Å². The zero-order valence-electron chi connectivity index (χ0n) is 10.0. The van der Waals surface area contributed by atoms with E-state index >= 15 is 0 Å². The van der Waals surface area contributed by atoms with Crippen molar-refractivity contribution in [1.29, 1.82) is 0 Å². The van der Waals surface area contributed by atoms with Gasteiger partial charge in [0.15, 0.2) is 0 Å². The van der Waals surface area contributed by atoms with Crippen LogP contribution in [0.2, 0.25) is 0 Å². The summed E-state index contributed by atoms with van der Waals surface area (Å²) in [5.74, 6) is 0.0547. The lowest BCUT2D eigenvalue weighted by atomic mass is 9.84. The van der Waals surface area contributed by atoms with Crippen LogP contribution in [0.5, 0.6) is 0 Å². The molecule has 17 heavy (non-hydrogen) atoms. The van der Waals surface area contributed by atoms with Crippen LogP contribution in [0, 0.1) is 5.41 Å². The van der Waals surface area contributed by atoms with Crippen molar-refractivity contribution in [2.75, 3.05) is 13.2 Å². The molecular weight excluding hydrogens is 236 g/mol. The minimum Gasteiger partial charge on any atom is -0.395 e. The van der Waals surface area contributed by atoms with Gasteiger partial charge in [0.2, 0.25) is 5.91 Å². The van der Waals surface area contributed by atoms with Crippen LogP contribution in [0.1, 0.15) is 38.5 Å². The lowest BCUT2D eigenvalue weighted by Crippen LogP contribution is -2.50. The smallest absolute Gasteiger partial charge is 0.235 e. The van der Waals surface area contributed by atoms with E-state index in [4.69, 9.17) is 23.1 Å². The molecule has 0 saturated heterocycles. The Hall–Kier alpha value is -0.680. The SMILES string of the molecule is NC(=S)C1(C(=O)N(CCO)C2CC2)CCCC1. The Morgan fingerprint density at radius 2 is 2.00 bits per heavy atom. The topological polar surface area (TPSA) is 66.6 Å². The third-order valence-electron chi connectivity index (χ3n) is 3.93. The first kappa shape index (κ1) is 12.8. The first-order valence-corrected chi connectivity index (χ1v) is 6.74. The van der Waals surface area contributed by atoms with Crippen LogP contribution in [0.15, 0.2) is 0 Å². The van der Waals surface area contributed by atoms with Gasteiger partial charge in [-0.1, -0.05) is 25.1 Å². The molecule has 0 spiro atoms. The number of hydrogen-bond donors (Lipinski definition) is 2. The molecule has 0 heterocycles. The van der Waals surface area contributed by atoms with Crippen molar-refractivity contribution in [2.24, 2.45) is 11.1 Å². The Morgan fingerprint density at radius 3 is 2.41 bits per heavy atom. The summed E-state index contributed by atoms with van der Waals surface area (Å²) in [6, 6.07) is 0.307. The van der Waals surface area contributed by atoms with Gasteiger partial charge in [0.25, 0.3) is 0 Å². The molecule has 96 valence electrons. The van der Waals surface area contributed by atoms with E-state index in [9.17, 15) is 4.79 Å². The summed E-state index contributed by atoms with van der Waals surface area (Å²) in [6.07, 6.45) is 5.66. The molecule has 0 aromatic heterocycles. The molecule has 2 rings (SSSR count). The van der Waals surface area contributed by atoms with Crippen molar-refractivity contribution < 1.29 is 9.90 Å². The van der Waals surface area contributed by atoms with Gasteiger partial charge in [0.1, 0.15) is 0 Å². The molecule has 0 atom stereocenters.